The molecule has 0 spiro atoms. The average molecular weight is 282 g/mol. The number of rotatable bonds is 8. The largest absolute Gasteiger partial charge is 0.396 e. The van der Waals surface area contributed by atoms with Crippen molar-refractivity contribution in [3.8, 4) is 0 Å². The number of nitrogens with one attached hydrogen (secondary N) is 2. The van der Waals surface area contributed by atoms with E-state index in [1.54, 1.807) is 6.20 Å². The maximum absolute atomic E-state index is 11.7. The quantitative estimate of drug-likeness (QED) is 0.671. The summed E-state index contributed by atoms with van der Waals surface area (Å²) < 4.78 is 1.86. The number of hydrogen-bond donors (Lipinski definition) is 3. The predicted molar refractivity (Wildman–Crippen MR) is 78.3 cm³/mol. The Morgan fingerprint density at radius 1 is 1.45 bits per heavy atom. The van der Waals surface area contributed by atoms with Crippen LogP contribution in [0.25, 0.3) is 0 Å². The molecule has 0 radical (unpaired) electrons. The van der Waals surface area contributed by atoms with Gasteiger partial charge < -0.3 is 15.7 Å². The van der Waals surface area contributed by atoms with Gasteiger partial charge in [-0.25, -0.2) is 4.79 Å². The van der Waals surface area contributed by atoms with Crippen LogP contribution in [-0.2, 0) is 6.54 Å². The van der Waals surface area contributed by atoms with Crippen LogP contribution in [-0.4, -0.2) is 40.6 Å². The molecule has 0 saturated carbocycles. The third-order valence-corrected chi connectivity index (χ3v) is 3.19. The van der Waals surface area contributed by atoms with Crippen LogP contribution in [0.4, 0.5) is 4.79 Å². The lowest BCUT2D eigenvalue weighted by atomic mass is 9.90. The highest BCUT2D eigenvalue weighted by Crippen LogP contribution is 2.17. The van der Waals surface area contributed by atoms with Crippen molar-refractivity contribution in [3.05, 3.63) is 18.5 Å². The molecule has 0 bridgehead atoms. The second-order valence-electron chi connectivity index (χ2n) is 6.03. The average Bonchev–Trinajstić information content (AvgIpc) is 2.87. The van der Waals surface area contributed by atoms with Crippen LogP contribution < -0.4 is 10.6 Å². The number of aliphatic hydroxyl groups excluding tert-OH is 1. The zero-order valence-corrected chi connectivity index (χ0v) is 12.6. The minimum absolute atomic E-state index is 0.0905. The fourth-order valence-corrected chi connectivity index (χ4v) is 1.83. The van der Waals surface area contributed by atoms with Gasteiger partial charge in [-0.1, -0.05) is 20.8 Å². The molecule has 0 aliphatic carbocycles. The van der Waals surface area contributed by atoms with Gasteiger partial charge >= 0.3 is 6.03 Å². The van der Waals surface area contributed by atoms with Crippen molar-refractivity contribution < 1.29 is 9.90 Å². The fourth-order valence-electron chi connectivity index (χ4n) is 1.83. The molecule has 0 aromatic carbocycles. The fraction of sp³-hybridized carbons (Fsp3) is 0.714. The summed E-state index contributed by atoms with van der Waals surface area (Å²) in [4.78, 5) is 11.7. The third kappa shape index (κ3) is 6.56. The number of carbonyl (C=O) groups excluding carboxylic acids is 1. The van der Waals surface area contributed by atoms with Gasteiger partial charge in [0.15, 0.2) is 0 Å². The lowest BCUT2D eigenvalue weighted by Crippen LogP contribution is -2.42. The van der Waals surface area contributed by atoms with Crippen LogP contribution in [0.3, 0.4) is 0 Å². The van der Waals surface area contributed by atoms with Crippen LogP contribution in [0.5, 0.6) is 0 Å². The summed E-state index contributed by atoms with van der Waals surface area (Å²) in [5.41, 5.74) is -0.0905. The van der Waals surface area contributed by atoms with Crippen LogP contribution in [0.2, 0.25) is 0 Å². The lowest BCUT2D eigenvalue weighted by Gasteiger charge is -2.24. The van der Waals surface area contributed by atoms with E-state index in [9.17, 15) is 4.79 Å². The molecule has 1 aromatic heterocycles. The molecule has 3 N–H and O–H groups in total. The maximum Gasteiger partial charge on any atom is 0.314 e. The van der Waals surface area contributed by atoms with Gasteiger partial charge in [-0.3, -0.25) is 4.68 Å². The smallest absolute Gasteiger partial charge is 0.314 e. The molecular formula is C14H26N4O2. The van der Waals surface area contributed by atoms with E-state index < -0.39 is 0 Å². The molecule has 114 valence electrons. The first kappa shape index (κ1) is 16.5. The second kappa shape index (κ2) is 7.89. The van der Waals surface area contributed by atoms with Crippen LogP contribution in [0.15, 0.2) is 18.5 Å². The van der Waals surface area contributed by atoms with E-state index >= 15 is 0 Å². The summed E-state index contributed by atoms with van der Waals surface area (Å²) in [6, 6.07) is 1.72. The van der Waals surface area contributed by atoms with Crippen LogP contribution in [0, 0.1) is 11.3 Å². The lowest BCUT2D eigenvalue weighted by molar-refractivity contribution is 0.200. The Balaban J connectivity index is 2.19. The first-order valence-corrected chi connectivity index (χ1v) is 7.03. The van der Waals surface area contributed by atoms with Crippen molar-refractivity contribution in [2.75, 3.05) is 19.7 Å². The number of urea groups is 1. The van der Waals surface area contributed by atoms with Crippen molar-refractivity contribution in [1.82, 2.24) is 20.4 Å². The van der Waals surface area contributed by atoms with E-state index in [-0.39, 0.29) is 18.1 Å². The molecule has 1 atom stereocenters. The molecule has 20 heavy (non-hydrogen) atoms. The van der Waals surface area contributed by atoms with Crippen molar-refractivity contribution in [2.24, 2.45) is 11.3 Å². The number of aliphatic hydroxyl groups is 1. The Morgan fingerprint density at radius 2 is 2.20 bits per heavy atom. The van der Waals surface area contributed by atoms with Gasteiger partial charge in [0.1, 0.15) is 0 Å². The van der Waals surface area contributed by atoms with Crippen molar-refractivity contribution >= 4 is 6.03 Å². The van der Waals surface area contributed by atoms with Crippen molar-refractivity contribution in [1.29, 1.82) is 0 Å². The number of aromatic nitrogens is 2. The standard InChI is InChI=1S/C14H26N4O2/c1-12(10-18-7-4-6-17-18)9-15-13(20)16-11-14(2,3)5-8-19/h4,6-7,12,19H,5,8-11H2,1-3H3,(H2,15,16,20). The molecule has 0 saturated heterocycles. The summed E-state index contributed by atoms with van der Waals surface area (Å²) in [5.74, 6) is 0.311. The molecule has 1 heterocycles. The van der Waals surface area contributed by atoms with Gasteiger partial charge in [-0.2, -0.15) is 5.10 Å². The van der Waals surface area contributed by atoms with E-state index in [4.69, 9.17) is 5.11 Å². The highest BCUT2D eigenvalue weighted by Gasteiger charge is 2.18. The molecule has 1 aromatic rings. The number of hydrogen-bond acceptors (Lipinski definition) is 3. The van der Waals surface area contributed by atoms with Crippen molar-refractivity contribution in [3.63, 3.8) is 0 Å². The second-order valence-corrected chi connectivity index (χ2v) is 6.03. The molecule has 2 amide bonds. The van der Waals surface area contributed by atoms with E-state index in [0.717, 1.165) is 6.54 Å². The number of nitrogens with zero attached hydrogens (tertiary/aromatic N) is 2. The van der Waals surface area contributed by atoms with E-state index in [2.05, 4.69) is 22.7 Å². The van der Waals surface area contributed by atoms with Crippen molar-refractivity contribution in [2.45, 2.75) is 33.7 Å². The molecule has 1 rings (SSSR count). The van der Waals surface area contributed by atoms with Gasteiger partial charge in [0.25, 0.3) is 0 Å². The van der Waals surface area contributed by atoms with Gasteiger partial charge in [-0.15, -0.1) is 0 Å². The summed E-state index contributed by atoms with van der Waals surface area (Å²) in [5, 5.41) is 18.8. The number of carbonyl (C=O) groups is 1. The number of amides is 2. The topological polar surface area (TPSA) is 79.2 Å². The SMILES string of the molecule is CC(CNC(=O)NCC(C)(C)CCO)Cn1cccn1. The Hall–Kier alpha value is -1.56. The molecule has 6 nitrogen and oxygen atoms in total. The summed E-state index contributed by atoms with van der Waals surface area (Å²) in [7, 11) is 0. The first-order valence-electron chi connectivity index (χ1n) is 7.03. The minimum Gasteiger partial charge on any atom is -0.396 e. The Bertz CT molecular complexity index is 390. The Kier molecular flexibility index (Phi) is 6.51. The highest BCUT2D eigenvalue weighted by molar-refractivity contribution is 5.73. The highest BCUT2D eigenvalue weighted by atomic mass is 16.3. The van der Waals surface area contributed by atoms with Gasteiger partial charge in [0.05, 0.1) is 0 Å². The van der Waals surface area contributed by atoms with Crippen LogP contribution in [0.1, 0.15) is 27.2 Å². The van der Waals surface area contributed by atoms with E-state index in [0.29, 0.717) is 25.4 Å². The predicted octanol–water partition coefficient (Wildman–Crippen LogP) is 1.23. The molecule has 0 aliphatic heterocycles. The minimum atomic E-state index is -0.164. The van der Waals surface area contributed by atoms with Gasteiger partial charge in [0.2, 0.25) is 0 Å². The normalized spacial score (nSPS) is 13.0. The summed E-state index contributed by atoms with van der Waals surface area (Å²) in [6.07, 6.45) is 4.33. The zero-order chi connectivity index (χ0) is 15.0. The monoisotopic (exact) mass is 282 g/mol. The molecule has 0 fully saturated rings. The Labute approximate surface area is 120 Å². The first-order chi connectivity index (χ1) is 9.43. The zero-order valence-electron chi connectivity index (χ0n) is 12.6. The molecular weight excluding hydrogens is 256 g/mol. The molecule has 1 unspecified atom stereocenters. The molecule has 6 heteroatoms. The summed E-state index contributed by atoms with van der Waals surface area (Å²) in [6.45, 7) is 8.17. The van der Waals surface area contributed by atoms with Gasteiger partial charge in [-0.05, 0) is 23.8 Å². The van der Waals surface area contributed by atoms with Gasteiger partial charge in [0, 0.05) is 38.6 Å². The summed E-state index contributed by atoms with van der Waals surface area (Å²) >= 11 is 0. The molecule has 0 aliphatic rings. The Morgan fingerprint density at radius 3 is 2.80 bits per heavy atom. The third-order valence-electron chi connectivity index (χ3n) is 3.19. The van der Waals surface area contributed by atoms with E-state index in [1.165, 1.54) is 0 Å². The van der Waals surface area contributed by atoms with Crippen LogP contribution >= 0.6 is 0 Å². The van der Waals surface area contributed by atoms with E-state index in [1.807, 2.05) is 30.8 Å². The maximum atomic E-state index is 11.7.